The fraction of sp³-hybridized carbons (Fsp3) is 0.211. The van der Waals surface area contributed by atoms with Crippen molar-refractivity contribution in [3.63, 3.8) is 0 Å². The third-order valence-corrected chi connectivity index (χ3v) is 4.93. The number of rotatable bonds is 4. The highest BCUT2D eigenvalue weighted by Gasteiger charge is 2.12. The Bertz CT molecular complexity index is 981. The largest absolute Gasteiger partial charge is 0.333 e. The number of carbonyl (C=O) groups excluding carboxylic acids is 2. The summed E-state index contributed by atoms with van der Waals surface area (Å²) in [6.07, 6.45) is 0. The first-order valence-corrected chi connectivity index (χ1v) is 9.17. The van der Waals surface area contributed by atoms with Crippen LogP contribution in [-0.4, -0.2) is 27.7 Å². The number of benzene rings is 2. The summed E-state index contributed by atoms with van der Waals surface area (Å²) >= 11 is 1.26. The van der Waals surface area contributed by atoms with Crippen molar-refractivity contribution in [1.29, 1.82) is 0 Å². The van der Waals surface area contributed by atoms with Gasteiger partial charge in [0, 0.05) is 5.69 Å². The standard InChI is InChI=1S/C19H20N4O2S/c1-11-7-8-15-16(9-11)22-19(21-15)26-10-17(24)23-18(25)20-14-6-4-5-12(2)13(14)3/h4-9H,10H2,1-3H3,(H,21,22)(H2,20,23,24,25). The molecule has 134 valence electrons. The maximum Gasteiger partial charge on any atom is 0.325 e. The summed E-state index contributed by atoms with van der Waals surface area (Å²) in [7, 11) is 0. The highest BCUT2D eigenvalue weighted by Crippen LogP contribution is 2.20. The van der Waals surface area contributed by atoms with Crippen LogP contribution in [0.3, 0.4) is 0 Å². The van der Waals surface area contributed by atoms with Crippen LogP contribution in [-0.2, 0) is 4.79 Å². The molecule has 0 spiro atoms. The van der Waals surface area contributed by atoms with Gasteiger partial charge in [0.1, 0.15) is 0 Å². The fourth-order valence-corrected chi connectivity index (χ4v) is 3.19. The second-order valence-electron chi connectivity index (χ2n) is 6.10. The van der Waals surface area contributed by atoms with Gasteiger partial charge in [0.15, 0.2) is 5.16 Å². The summed E-state index contributed by atoms with van der Waals surface area (Å²) in [6.45, 7) is 5.90. The molecule has 2 aromatic carbocycles. The van der Waals surface area contributed by atoms with Crippen molar-refractivity contribution < 1.29 is 9.59 Å². The minimum Gasteiger partial charge on any atom is -0.333 e. The highest BCUT2D eigenvalue weighted by atomic mass is 32.2. The molecule has 3 amide bonds. The van der Waals surface area contributed by atoms with Crippen molar-refractivity contribution in [3.8, 4) is 0 Å². The average molecular weight is 368 g/mol. The Labute approximate surface area is 155 Å². The molecule has 0 aliphatic carbocycles. The summed E-state index contributed by atoms with van der Waals surface area (Å²) in [5, 5.41) is 5.69. The summed E-state index contributed by atoms with van der Waals surface area (Å²) in [6, 6.07) is 11.0. The van der Waals surface area contributed by atoms with E-state index >= 15 is 0 Å². The third kappa shape index (κ3) is 4.23. The van der Waals surface area contributed by atoms with Gasteiger partial charge in [0.2, 0.25) is 5.91 Å². The SMILES string of the molecule is Cc1ccc2nc(SCC(=O)NC(=O)Nc3cccc(C)c3C)[nH]c2c1. The van der Waals surface area contributed by atoms with Crippen LogP contribution in [0.1, 0.15) is 16.7 Å². The van der Waals surface area contributed by atoms with Crippen LogP contribution in [0, 0.1) is 20.8 Å². The van der Waals surface area contributed by atoms with Gasteiger partial charge >= 0.3 is 6.03 Å². The minimum atomic E-state index is -0.537. The number of hydrogen-bond acceptors (Lipinski definition) is 4. The number of imide groups is 1. The Hall–Kier alpha value is -2.80. The molecule has 0 radical (unpaired) electrons. The van der Waals surface area contributed by atoms with Gasteiger partial charge in [-0.25, -0.2) is 9.78 Å². The Balaban J connectivity index is 1.54. The Morgan fingerprint density at radius 3 is 2.77 bits per heavy atom. The van der Waals surface area contributed by atoms with E-state index in [9.17, 15) is 9.59 Å². The maximum atomic E-state index is 12.0. The molecule has 1 aromatic heterocycles. The van der Waals surface area contributed by atoms with Gasteiger partial charge in [0.05, 0.1) is 16.8 Å². The lowest BCUT2D eigenvalue weighted by Crippen LogP contribution is -2.35. The van der Waals surface area contributed by atoms with Crippen LogP contribution in [0.15, 0.2) is 41.6 Å². The van der Waals surface area contributed by atoms with Gasteiger partial charge in [-0.05, 0) is 55.7 Å². The van der Waals surface area contributed by atoms with Crippen molar-refractivity contribution in [1.82, 2.24) is 15.3 Å². The zero-order valence-corrected chi connectivity index (χ0v) is 15.7. The van der Waals surface area contributed by atoms with Gasteiger partial charge < -0.3 is 10.3 Å². The number of aromatic nitrogens is 2. The van der Waals surface area contributed by atoms with E-state index in [0.29, 0.717) is 10.8 Å². The predicted octanol–water partition coefficient (Wildman–Crippen LogP) is 3.93. The number of aromatic amines is 1. The first kappa shape index (κ1) is 18.0. The number of hydrogen-bond donors (Lipinski definition) is 3. The molecule has 3 rings (SSSR count). The average Bonchev–Trinajstić information content (AvgIpc) is 2.99. The van der Waals surface area contributed by atoms with Crippen molar-refractivity contribution in [3.05, 3.63) is 53.1 Å². The van der Waals surface area contributed by atoms with Crippen LogP contribution in [0.2, 0.25) is 0 Å². The Kier molecular flexibility index (Phi) is 5.27. The van der Waals surface area contributed by atoms with Crippen LogP contribution in [0.4, 0.5) is 10.5 Å². The zero-order chi connectivity index (χ0) is 18.7. The number of aryl methyl sites for hydroxylation is 2. The molecular weight excluding hydrogens is 348 g/mol. The first-order chi connectivity index (χ1) is 12.4. The predicted molar refractivity (Wildman–Crippen MR) is 105 cm³/mol. The van der Waals surface area contributed by atoms with Crippen molar-refractivity contribution in [2.75, 3.05) is 11.1 Å². The van der Waals surface area contributed by atoms with E-state index in [2.05, 4.69) is 20.6 Å². The van der Waals surface area contributed by atoms with Gasteiger partial charge in [-0.3, -0.25) is 10.1 Å². The van der Waals surface area contributed by atoms with E-state index in [1.165, 1.54) is 11.8 Å². The Morgan fingerprint density at radius 1 is 1.15 bits per heavy atom. The first-order valence-electron chi connectivity index (χ1n) is 8.18. The lowest BCUT2D eigenvalue weighted by molar-refractivity contribution is -0.117. The van der Waals surface area contributed by atoms with Gasteiger partial charge in [-0.1, -0.05) is 30.0 Å². The van der Waals surface area contributed by atoms with E-state index in [-0.39, 0.29) is 11.7 Å². The molecule has 6 nitrogen and oxygen atoms in total. The number of carbonyl (C=O) groups is 2. The summed E-state index contributed by atoms with van der Waals surface area (Å²) < 4.78 is 0. The monoisotopic (exact) mass is 368 g/mol. The van der Waals surface area contributed by atoms with Gasteiger partial charge in [-0.2, -0.15) is 0 Å². The number of nitrogens with zero attached hydrogens (tertiary/aromatic N) is 1. The number of amides is 3. The molecule has 26 heavy (non-hydrogen) atoms. The summed E-state index contributed by atoms with van der Waals surface area (Å²) in [5.74, 6) is -0.284. The van der Waals surface area contributed by atoms with Crippen LogP contribution < -0.4 is 10.6 Å². The number of imidazole rings is 1. The number of fused-ring (bicyclic) bond motifs is 1. The molecule has 0 saturated carbocycles. The normalized spacial score (nSPS) is 10.7. The minimum absolute atomic E-state index is 0.0963. The molecule has 0 atom stereocenters. The lowest BCUT2D eigenvalue weighted by atomic mass is 10.1. The molecule has 0 fully saturated rings. The molecule has 0 aliphatic heterocycles. The molecule has 3 aromatic rings. The number of H-pyrrole nitrogens is 1. The molecule has 7 heteroatoms. The number of anilines is 1. The molecular formula is C19H20N4O2S. The quantitative estimate of drug-likeness (QED) is 0.609. The van der Waals surface area contributed by atoms with Gasteiger partial charge in [0.25, 0.3) is 0 Å². The highest BCUT2D eigenvalue weighted by molar-refractivity contribution is 7.99. The number of urea groups is 1. The molecule has 0 unspecified atom stereocenters. The van der Waals surface area contributed by atoms with E-state index in [4.69, 9.17) is 0 Å². The fourth-order valence-electron chi connectivity index (χ4n) is 2.51. The van der Waals surface area contributed by atoms with Crippen LogP contribution in [0.25, 0.3) is 11.0 Å². The van der Waals surface area contributed by atoms with Gasteiger partial charge in [-0.15, -0.1) is 0 Å². The van der Waals surface area contributed by atoms with Crippen molar-refractivity contribution in [2.45, 2.75) is 25.9 Å². The van der Waals surface area contributed by atoms with E-state index in [0.717, 1.165) is 27.7 Å². The molecule has 0 bridgehead atoms. The topological polar surface area (TPSA) is 86.9 Å². The lowest BCUT2D eigenvalue weighted by Gasteiger charge is -2.10. The Morgan fingerprint density at radius 2 is 1.96 bits per heavy atom. The number of nitrogens with one attached hydrogen (secondary N) is 3. The van der Waals surface area contributed by atoms with Crippen molar-refractivity contribution >= 4 is 40.4 Å². The molecule has 0 aliphatic rings. The zero-order valence-electron chi connectivity index (χ0n) is 14.8. The smallest absolute Gasteiger partial charge is 0.325 e. The second-order valence-corrected chi connectivity index (χ2v) is 7.07. The van der Waals surface area contributed by atoms with E-state index < -0.39 is 6.03 Å². The van der Waals surface area contributed by atoms with Crippen LogP contribution >= 0.6 is 11.8 Å². The molecule has 3 N–H and O–H groups in total. The molecule has 0 saturated heterocycles. The summed E-state index contributed by atoms with van der Waals surface area (Å²) in [4.78, 5) is 31.6. The molecule has 1 heterocycles. The van der Waals surface area contributed by atoms with Crippen molar-refractivity contribution in [2.24, 2.45) is 0 Å². The van der Waals surface area contributed by atoms with Crippen LogP contribution in [0.5, 0.6) is 0 Å². The third-order valence-electron chi connectivity index (χ3n) is 4.06. The van der Waals surface area contributed by atoms with E-state index in [1.807, 2.05) is 51.1 Å². The summed E-state index contributed by atoms with van der Waals surface area (Å²) in [5.41, 5.74) is 5.66. The number of thioether (sulfide) groups is 1. The van der Waals surface area contributed by atoms with E-state index in [1.54, 1.807) is 6.07 Å². The maximum absolute atomic E-state index is 12.0. The second kappa shape index (κ2) is 7.61.